The summed E-state index contributed by atoms with van der Waals surface area (Å²) >= 11 is 0. The van der Waals surface area contributed by atoms with Crippen molar-refractivity contribution in [3.8, 4) is 0 Å². The van der Waals surface area contributed by atoms with Crippen LogP contribution in [0.5, 0.6) is 0 Å². The molecule has 1 aromatic rings. The Balaban J connectivity index is 2.10. The van der Waals surface area contributed by atoms with Crippen molar-refractivity contribution < 1.29 is 5.11 Å². The van der Waals surface area contributed by atoms with E-state index in [0.717, 1.165) is 30.6 Å². The van der Waals surface area contributed by atoms with Gasteiger partial charge in [0.25, 0.3) is 0 Å². The van der Waals surface area contributed by atoms with Crippen LogP contribution in [0.1, 0.15) is 31.2 Å². The minimum absolute atomic E-state index is 0.175. The van der Waals surface area contributed by atoms with E-state index < -0.39 is 0 Å². The fraction of sp³-hybridized carbons (Fsp3) is 0.538. The van der Waals surface area contributed by atoms with Gasteiger partial charge in [0.15, 0.2) is 0 Å². The van der Waals surface area contributed by atoms with Gasteiger partial charge in [0.2, 0.25) is 0 Å². The lowest BCUT2D eigenvalue weighted by molar-refractivity contribution is 0.116. The Labute approximate surface area is 96.7 Å². The van der Waals surface area contributed by atoms with Crippen LogP contribution in [0, 0.1) is 6.92 Å². The highest BCUT2D eigenvalue weighted by Gasteiger charge is 2.22. The number of hydrogen-bond donors (Lipinski definition) is 3. The molecule has 16 heavy (non-hydrogen) atoms. The van der Waals surface area contributed by atoms with Crippen molar-refractivity contribution in [1.82, 2.24) is 0 Å². The third kappa shape index (κ3) is 2.47. The summed E-state index contributed by atoms with van der Waals surface area (Å²) in [5.74, 6) is 0. The molecular weight excluding hydrogens is 200 g/mol. The first-order valence-electron chi connectivity index (χ1n) is 5.97. The zero-order valence-electron chi connectivity index (χ0n) is 9.74. The maximum absolute atomic E-state index is 9.90. The van der Waals surface area contributed by atoms with E-state index in [9.17, 15) is 5.11 Å². The van der Waals surface area contributed by atoms with E-state index in [1.165, 1.54) is 12.0 Å². The smallest absolute Gasteiger partial charge is 0.0741 e. The van der Waals surface area contributed by atoms with Crippen LogP contribution in [0.15, 0.2) is 18.2 Å². The van der Waals surface area contributed by atoms with Gasteiger partial charge < -0.3 is 16.2 Å². The Bertz CT molecular complexity index is 365. The zero-order chi connectivity index (χ0) is 11.5. The fourth-order valence-electron chi connectivity index (χ4n) is 2.27. The standard InChI is InChI=1S/C13H20N2O/c1-9-6-7-10(14)8-12(9)15-11-4-2-3-5-13(11)16/h6-8,11,13,15-16H,2-5,14H2,1H3. The van der Waals surface area contributed by atoms with Crippen LogP contribution < -0.4 is 11.1 Å². The summed E-state index contributed by atoms with van der Waals surface area (Å²) in [4.78, 5) is 0. The van der Waals surface area contributed by atoms with Crippen molar-refractivity contribution >= 4 is 11.4 Å². The molecule has 1 fully saturated rings. The lowest BCUT2D eigenvalue weighted by Gasteiger charge is -2.29. The second-order valence-corrected chi connectivity index (χ2v) is 4.68. The maximum Gasteiger partial charge on any atom is 0.0741 e. The molecule has 0 amide bonds. The molecule has 88 valence electrons. The normalized spacial score (nSPS) is 25.4. The van der Waals surface area contributed by atoms with Gasteiger partial charge in [0.05, 0.1) is 12.1 Å². The summed E-state index contributed by atoms with van der Waals surface area (Å²) in [7, 11) is 0. The van der Waals surface area contributed by atoms with Crippen molar-refractivity contribution in [3.05, 3.63) is 23.8 Å². The molecule has 0 saturated heterocycles. The first-order chi connectivity index (χ1) is 7.66. The van der Waals surface area contributed by atoms with E-state index in [2.05, 4.69) is 12.2 Å². The number of aliphatic hydroxyl groups is 1. The molecule has 0 radical (unpaired) electrons. The number of anilines is 2. The van der Waals surface area contributed by atoms with Crippen LogP contribution in [0.3, 0.4) is 0 Å². The van der Waals surface area contributed by atoms with Crippen molar-refractivity contribution in [2.24, 2.45) is 0 Å². The second-order valence-electron chi connectivity index (χ2n) is 4.68. The topological polar surface area (TPSA) is 58.3 Å². The third-order valence-electron chi connectivity index (χ3n) is 3.33. The van der Waals surface area contributed by atoms with Crippen LogP contribution in [-0.4, -0.2) is 17.3 Å². The Morgan fingerprint density at radius 2 is 2.06 bits per heavy atom. The summed E-state index contributed by atoms with van der Waals surface area (Å²) in [6, 6.07) is 6.02. The predicted molar refractivity (Wildman–Crippen MR) is 67.5 cm³/mol. The van der Waals surface area contributed by atoms with Gasteiger partial charge in [0, 0.05) is 11.4 Å². The lowest BCUT2D eigenvalue weighted by Crippen LogP contribution is -2.36. The Morgan fingerprint density at radius 3 is 2.81 bits per heavy atom. The van der Waals surface area contributed by atoms with Crippen LogP contribution in [-0.2, 0) is 0 Å². The molecule has 1 saturated carbocycles. The summed E-state index contributed by atoms with van der Waals surface area (Å²) in [6.45, 7) is 2.05. The molecule has 3 nitrogen and oxygen atoms in total. The highest BCUT2D eigenvalue weighted by Crippen LogP contribution is 2.25. The Kier molecular flexibility index (Phi) is 3.34. The van der Waals surface area contributed by atoms with E-state index in [-0.39, 0.29) is 12.1 Å². The van der Waals surface area contributed by atoms with Gasteiger partial charge in [-0.05, 0) is 37.5 Å². The maximum atomic E-state index is 9.90. The highest BCUT2D eigenvalue weighted by atomic mass is 16.3. The molecule has 4 N–H and O–H groups in total. The number of aliphatic hydroxyl groups excluding tert-OH is 1. The summed E-state index contributed by atoms with van der Waals surface area (Å²) in [5.41, 5.74) is 8.75. The first kappa shape index (κ1) is 11.3. The highest BCUT2D eigenvalue weighted by molar-refractivity contribution is 5.59. The van der Waals surface area contributed by atoms with E-state index in [1.807, 2.05) is 18.2 Å². The number of nitrogens with one attached hydrogen (secondary N) is 1. The van der Waals surface area contributed by atoms with Crippen molar-refractivity contribution in [2.45, 2.75) is 44.8 Å². The molecule has 2 atom stereocenters. The molecule has 1 aromatic carbocycles. The molecule has 1 aliphatic rings. The largest absolute Gasteiger partial charge is 0.399 e. The molecule has 0 spiro atoms. The quantitative estimate of drug-likeness (QED) is 0.670. The van der Waals surface area contributed by atoms with Crippen molar-refractivity contribution in [3.63, 3.8) is 0 Å². The van der Waals surface area contributed by atoms with Crippen LogP contribution in [0.2, 0.25) is 0 Å². The molecule has 0 heterocycles. The van der Waals surface area contributed by atoms with Crippen molar-refractivity contribution in [2.75, 3.05) is 11.1 Å². The van der Waals surface area contributed by atoms with Gasteiger partial charge in [-0.15, -0.1) is 0 Å². The van der Waals surface area contributed by atoms with Gasteiger partial charge in [-0.25, -0.2) is 0 Å². The summed E-state index contributed by atoms with van der Waals surface area (Å²) in [6.07, 6.45) is 4.04. The molecule has 0 aromatic heterocycles. The number of aryl methyl sites for hydroxylation is 1. The van der Waals surface area contributed by atoms with Crippen LogP contribution in [0.4, 0.5) is 11.4 Å². The SMILES string of the molecule is Cc1ccc(N)cc1NC1CCCCC1O. The molecular formula is C13H20N2O. The second kappa shape index (κ2) is 4.74. The van der Waals surface area contributed by atoms with Gasteiger partial charge in [-0.3, -0.25) is 0 Å². The average Bonchev–Trinajstić information content (AvgIpc) is 2.27. The van der Waals surface area contributed by atoms with Gasteiger partial charge >= 0.3 is 0 Å². The third-order valence-corrected chi connectivity index (χ3v) is 3.33. The fourth-order valence-corrected chi connectivity index (χ4v) is 2.27. The monoisotopic (exact) mass is 220 g/mol. The minimum Gasteiger partial charge on any atom is -0.399 e. The molecule has 1 aliphatic carbocycles. The zero-order valence-corrected chi connectivity index (χ0v) is 9.74. The Morgan fingerprint density at radius 1 is 1.31 bits per heavy atom. The molecule has 3 heteroatoms. The van der Waals surface area contributed by atoms with Crippen molar-refractivity contribution in [1.29, 1.82) is 0 Å². The summed E-state index contributed by atoms with van der Waals surface area (Å²) in [5, 5.41) is 13.3. The molecule has 2 unspecified atom stereocenters. The van der Waals surface area contributed by atoms with E-state index in [0.29, 0.717) is 0 Å². The first-order valence-corrected chi connectivity index (χ1v) is 5.97. The van der Waals surface area contributed by atoms with E-state index in [1.54, 1.807) is 0 Å². The molecule has 2 rings (SSSR count). The number of nitrogens with two attached hydrogens (primary N) is 1. The number of nitrogen functional groups attached to an aromatic ring is 1. The van der Waals surface area contributed by atoms with E-state index in [4.69, 9.17) is 5.73 Å². The average molecular weight is 220 g/mol. The van der Waals surface area contributed by atoms with E-state index >= 15 is 0 Å². The van der Waals surface area contributed by atoms with Gasteiger partial charge in [-0.1, -0.05) is 18.9 Å². The summed E-state index contributed by atoms with van der Waals surface area (Å²) < 4.78 is 0. The van der Waals surface area contributed by atoms with Crippen LogP contribution >= 0.6 is 0 Å². The van der Waals surface area contributed by atoms with Gasteiger partial charge in [-0.2, -0.15) is 0 Å². The molecule has 0 bridgehead atoms. The molecule has 0 aliphatic heterocycles. The number of hydrogen-bond acceptors (Lipinski definition) is 3. The number of rotatable bonds is 2. The lowest BCUT2D eigenvalue weighted by atomic mass is 9.92. The van der Waals surface area contributed by atoms with Gasteiger partial charge in [0.1, 0.15) is 0 Å². The number of benzene rings is 1. The Hall–Kier alpha value is -1.22. The van der Waals surface area contributed by atoms with Crippen LogP contribution in [0.25, 0.3) is 0 Å². The minimum atomic E-state index is -0.227. The predicted octanol–water partition coefficient (Wildman–Crippen LogP) is 2.29.